The summed E-state index contributed by atoms with van der Waals surface area (Å²) in [4.78, 5) is 12.9. The van der Waals surface area contributed by atoms with E-state index >= 15 is 0 Å². The van der Waals surface area contributed by atoms with Gasteiger partial charge in [-0.15, -0.1) is 0 Å². The molecule has 0 saturated carbocycles. The van der Waals surface area contributed by atoms with Gasteiger partial charge in [-0.2, -0.15) is 5.10 Å². The van der Waals surface area contributed by atoms with Crippen molar-refractivity contribution in [1.29, 1.82) is 0 Å². The molecule has 0 saturated heterocycles. The minimum absolute atomic E-state index is 0.0553. The number of hydrogen-bond acceptors (Lipinski definition) is 6. The van der Waals surface area contributed by atoms with Crippen LogP contribution in [0.25, 0.3) is 0 Å². The molecule has 0 aromatic heterocycles. The highest BCUT2D eigenvalue weighted by Crippen LogP contribution is 2.37. The molecular formula is C29H23Br2Cl2N3O5S. The first-order chi connectivity index (χ1) is 20.1. The number of nitrogens with zero attached hydrogens (tertiary/aromatic N) is 2. The average Bonchev–Trinajstić information content (AvgIpc) is 2.97. The fraction of sp³-hybridized carbons (Fsp3) is 0.103. The third kappa shape index (κ3) is 8.05. The summed E-state index contributed by atoms with van der Waals surface area (Å²) in [5.41, 5.74) is 4.12. The molecule has 0 spiro atoms. The van der Waals surface area contributed by atoms with Crippen LogP contribution < -0.4 is 19.2 Å². The minimum atomic E-state index is -4.04. The molecule has 0 aliphatic heterocycles. The number of nitrogens with one attached hydrogen (secondary N) is 1. The first-order valence-corrected chi connectivity index (χ1v) is 16.0. The summed E-state index contributed by atoms with van der Waals surface area (Å²) in [5, 5.41) is 4.90. The summed E-state index contributed by atoms with van der Waals surface area (Å²) < 4.78 is 40.6. The summed E-state index contributed by atoms with van der Waals surface area (Å²) in [7, 11) is -2.54. The van der Waals surface area contributed by atoms with E-state index in [1.807, 2.05) is 0 Å². The minimum Gasteiger partial charge on any atom is -0.493 e. The Bertz CT molecular complexity index is 1720. The molecule has 4 rings (SSSR count). The Hall–Kier alpha value is -3.09. The summed E-state index contributed by atoms with van der Waals surface area (Å²) in [5.74, 6) is 0.242. The zero-order chi connectivity index (χ0) is 30.3. The molecule has 1 amide bonds. The van der Waals surface area contributed by atoms with Gasteiger partial charge >= 0.3 is 0 Å². The highest BCUT2D eigenvalue weighted by molar-refractivity contribution is 9.10. The number of anilines is 1. The molecule has 1 N–H and O–H groups in total. The predicted octanol–water partition coefficient (Wildman–Crippen LogP) is 7.45. The Morgan fingerprint density at radius 3 is 2.43 bits per heavy atom. The predicted molar refractivity (Wildman–Crippen MR) is 172 cm³/mol. The molecule has 0 radical (unpaired) electrons. The number of hydrogen-bond donors (Lipinski definition) is 1. The number of carbonyl (C=O) groups excluding carboxylic acids is 1. The molecule has 0 fully saturated rings. The number of rotatable bonds is 11. The van der Waals surface area contributed by atoms with E-state index in [1.54, 1.807) is 72.8 Å². The smallest absolute Gasteiger partial charge is 0.264 e. The van der Waals surface area contributed by atoms with E-state index < -0.39 is 22.5 Å². The molecule has 13 heteroatoms. The lowest BCUT2D eigenvalue weighted by Crippen LogP contribution is -2.39. The summed E-state index contributed by atoms with van der Waals surface area (Å²) >= 11 is 18.9. The van der Waals surface area contributed by atoms with Crippen LogP contribution in [0.5, 0.6) is 11.5 Å². The van der Waals surface area contributed by atoms with Crippen molar-refractivity contribution in [3.05, 3.63) is 115 Å². The number of carbonyl (C=O) groups is 1. The molecule has 42 heavy (non-hydrogen) atoms. The maximum absolute atomic E-state index is 13.4. The maximum atomic E-state index is 13.4. The Morgan fingerprint density at radius 1 is 0.976 bits per heavy atom. The summed E-state index contributed by atoms with van der Waals surface area (Å²) in [6.07, 6.45) is 1.41. The molecule has 0 aliphatic rings. The second-order valence-electron chi connectivity index (χ2n) is 8.67. The Labute approximate surface area is 270 Å². The first kappa shape index (κ1) is 31.8. The Balaban J connectivity index is 1.48. The highest BCUT2D eigenvalue weighted by atomic mass is 79.9. The van der Waals surface area contributed by atoms with Gasteiger partial charge in [0.1, 0.15) is 13.2 Å². The van der Waals surface area contributed by atoms with Gasteiger partial charge in [0.2, 0.25) is 0 Å². The number of amides is 1. The number of methoxy groups -OCH3 is 1. The third-order valence-electron chi connectivity index (χ3n) is 5.74. The van der Waals surface area contributed by atoms with Crippen LogP contribution in [0.15, 0.2) is 104 Å². The van der Waals surface area contributed by atoms with Crippen LogP contribution in [0.3, 0.4) is 0 Å². The van der Waals surface area contributed by atoms with Gasteiger partial charge in [0.15, 0.2) is 11.5 Å². The largest absolute Gasteiger partial charge is 0.493 e. The summed E-state index contributed by atoms with van der Waals surface area (Å²) in [6.45, 7) is -0.282. The second-order valence-corrected chi connectivity index (χ2v) is 13.1. The number of benzene rings is 4. The van der Waals surface area contributed by atoms with Crippen LogP contribution in [0.2, 0.25) is 10.0 Å². The maximum Gasteiger partial charge on any atom is 0.264 e. The monoisotopic (exact) mass is 753 g/mol. The molecule has 0 unspecified atom stereocenters. The quantitative estimate of drug-likeness (QED) is 0.127. The van der Waals surface area contributed by atoms with Crippen molar-refractivity contribution in [1.82, 2.24) is 5.43 Å². The highest BCUT2D eigenvalue weighted by Gasteiger charge is 2.27. The van der Waals surface area contributed by atoms with E-state index in [1.165, 1.54) is 25.5 Å². The van der Waals surface area contributed by atoms with Crippen molar-refractivity contribution >= 4 is 82.9 Å². The molecule has 218 valence electrons. The zero-order valence-electron chi connectivity index (χ0n) is 21.9. The van der Waals surface area contributed by atoms with Gasteiger partial charge in [0.25, 0.3) is 15.9 Å². The normalized spacial score (nSPS) is 11.4. The van der Waals surface area contributed by atoms with Crippen molar-refractivity contribution in [3.8, 4) is 11.5 Å². The standard InChI is InChI=1S/C29H23Br2Cl2N3O5S/c1-40-27-14-20(12-24(31)29(27)41-18-19-10-11-25(32)26(33)13-19)16-34-35-28(37)17-36(22-7-5-6-21(30)15-22)42(38,39)23-8-3-2-4-9-23/h2-16H,17-18H2,1H3,(H,35,37)/b34-16-. The molecular weight excluding hydrogens is 733 g/mol. The van der Waals surface area contributed by atoms with Gasteiger partial charge < -0.3 is 9.47 Å². The van der Waals surface area contributed by atoms with Gasteiger partial charge in [-0.3, -0.25) is 9.10 Å². The van der Waals surface area contributed by atoms with Crippen LogP contribution in [0, 0.1) is 0 Å². The van der Waals surface area contributed by atoms with Gasteiger partial charge in [0.05, 0.1) is 38.4 Å². The third-order valence-corrected chi connectivity index (χ3v) is 9.35. The molecule has 0 heterocycles. The van der Waals surface area contributed by atoms with Crippen molar-refractivity contribution in [2.75, 3.05) is 18.0 Å². The molecule has 8 nitrogen and oxygen atoms in total. The van der Waals surface area contributed by atoms with Crippen molar-refractivity contribution in [2.45, 2.75) is 11.5 Å². The number of hydrazone groups is 1. The molecule has 0 bridgehead atoms. The molecule has 0 aliphatic carbocycles. The van der Waals surface area contributed by atoms with E-state index in [0.29, 0.717) is 41.7 Å². The van der Waals surface area contributed by atoms with Crippen LogP contribution in [-0.2, 0) is 21.4 Å². The number of sulfonamides is 1. The van der Waals surface area contributed by atoms with Crippen LogP contribution in [-0.4, -0.2) is 34.2 Å². The fourth-order valence-electron chi connectivity index (χ4n) is 3.75. The van der Waals surface area contributed by atoms with Gasteiger partial charge in [-0.25, -0.2) is 13.8 Å². The Morgan fingerprint density at radius 2 is 1.74 bits per heavy atom. The van der Waals surface area contributed by atoms with Crippen molar-refractivity contribution in [2.24, 2.45) is 5.10 Å². The van der Waals surface area contributed by atoms with Gasteiger partial charge in [-0.1, -0.05) is 69.5 Å². The SMILES string of the molecule is COc1cc(/C=N\NC(=O)CN(c2cccc(Br)c2)S(=O)(=O)c2ccccc2)cc(Br)c1OCc1ccc(Cl)c(Cl)c1. The van der Waals surface area contributed by atoms with Crippen LogP contribution >= 0.6 is 55.1 Å². The zero-order valence-corrected chi connectivity index (χ0v) is 27.4. The van der Waals surface area contributed by atoms with E-state index in [2.05, 4.69) is 42.4 Å². The van der Waals surface area contributed by atoms with Gasteiger partial charge in [-0.05, 0) is 81.7 Å². The topological polar surface area (TPSA) is 97.3 Å². The molecule has 4 aromatic carbocycles. The summed E-state index contributed by atoms with van der Waals surface area (Å²) in [6, 6.07) is 23.2. The van der Waals surface area contributed by atoms with E-state index in [4.69, 9.17) is 32.7 Å². The fourth-order valence-corrected chi connectivity index (χ4v) is 6.47. The van der Waals surface area contributed by atoms with Crippen molar-refractivity contribution < 1.29 is 22.7 Å². The van der Waals surface area contributed by atoms with Crippen LogP contribution in [0.1, 0.15) is 11.1 Å². The van der Waals surface area contributed by atoms with Crippen molar-refractivity contribution in [3.63, 3.8) is 0 Å². The lowest BCUT2D eigenvalue weighted by molar-refractivity contribution is -0.119. The average molecular weight is 756 g/mol. The second kappa shape index (κ2) is 14.4. The number of halogens is 4. The van der Waals surface area contributed by atoms with Crippen LogP contribution in [0.4, 0.5) is 5.69 Å². The molecule has 0 atom stereocenters. The van der Waals surface area contributed by atoms with E-state index in [9.17, 15) is 13.2 Å². The van der Waals surface area contributed by atoms with Gasteiger partial charge in [0, 0.05) is 4.47 Å². The van der Waals surface area contributed by atoms with E-state index in [-0.39, 0.29) is 11.5 Å². The molecule has 4 aromatic rings. The Kier molecular flexibility index (Phi) is 10.9. The number of ether oxygens (including phenoxy) is 2. The lowest BCUT2D eigenvalue weighted by Gasteiger charge is -2.23. The first-order valence-electron chi connectivity index (χ1n) is 12.2. The van der Waals surface area contributed by atoms with E-state index in [0.717, 1.165) is 9.87 Å². The lowest BCUT2D eigenvalue weighted by atomic mass is 10.2.